The molecule has 34 heavy (non-hydrogen) atoms. The highest BCUT2D eigenvalue weighted by Crippen LogP contribution is 2.42. The molecule has 0 radical (unpaired) electrons. The van der Waals surface area contributed by atoms with Gasteiger partial charge >= 0.3 is 5.97 Å². The number of aromatic nitrogens is 1. The lowest BCUT2D eigenvalue weighted by atomic mass is 9.73. The minimum atomic E-state index is -0.857. The molecule has 2 N–H and O–H groups in total. The summed E-state index contributed by atoms with van der Waals surface area (Å²) < 4.78 is 0. The van der Waals surface area contributed by atoms with Crippen LogP contribution >= 0.6 is 0 Å². The fourth-order valence-electron chi connectivity index (χ4n) is 5.44. The Labute approximate surface area is 201 Å². The average Bonchev–Trinajstić information content (AvgIpc) is 3.66. The number of pyridine rings is 1. The van der Waals surface area contributed by atoms with E-state index in [1.807, 2.05) is 30.6 Å². The number of carboxylic acid groups (broad SMARTS) is 1. The van der Waals surface area contributed by atoms with E-state index in [9.17, 15) is 9.90 Å². The largest absolute Gasteiger partial charge is 0.478 e. The van der Waals surface area contributed by atoms with Gasteiger partial charge in [0.05, 0.1) is 5.56 Å². The van der Waals surface area contributed by atoms with Crippen molar-refractivity contribution >= 4 is 5.97 Å². The van der Waals surface area contributed by atoms with Crippen molar-refractivity contribution in [1.82, 2.24) is 15.2 Å². The van der Waals surface area contributed by atoms with E-state index in [0.717, 1.165) is 51.0 Å². The van der Waals surface area contributed by atoms with E-state index in [0.29, 0.717) is 17.5 Å². The van der Waals surface area contributed by atoms with Crippen LogP contribution < -0.4 is 5.32 Å². The summed E-state index contributed by atoms with van der Waals surface area (Å²) in [4.78, 5) is 18.3. The third-order valence-corrected chi connectivity index (χ3v) is 7.56. The van der Waals surface area contributed by atoms with Crippen molar-refractivity contribution in [2.75, 3.05) is 19.6 Å². The van der Waals surface area contributed by atoms with Crippen LogP contribution in [0.4, 0.5) is 0 Å². The molecule has 0 bridgehead atoms. The molecule has 1 saturated heterocycles. The first-order valence-electron chi connectivity index (χ1n) is 12.3. The van der Waals surface area contributed by atoms with Gasteiger partial charge in [-0.1, -0.05) is 48.5 Å². The van der Waals surface area contributed by atoms with Crippen LogP contribution in [0.25, 0.3) is 0 Å². The average molecular weight is 456 g/mol. The highest BCUT2D eigenvalue weighted by Gasteiger charge is 2.41. The van der Waals surface area contributed by atoms with Crippen LogP contribution in [0.2, 0.25) is 0 Å². The smallest absolute Gasteiger partial charge is 0.335 e. The predicted octanol–water partition coefficient (Wildman–Crippen LogP) is 4.75. The Morgan fingerprint density at radius 2 is 1.82 bits per heavy atom. The first kappa shape index (κ1) is 22.8. The molecule has 0 spiro atoms. The third-order valence-electron chi connectivity index (χ3n) is 7.56. The van der Waals surface area contributed by atoms with Crippen LogP contribution in [0.15, 0.2) is 79.1 Å². The van der Waals surface area contributed by atoms with Gasteiger partial charge in [0.15, 0.2) is 0 Å². The second-order valence-electron chi connectivity index (χ2n) is 10.1. The van der Waals surface area contributed by atoms with Gasteiger partial charge in [-0.15, -0.1) is 0 Å². The molecule has 2 aliphatic rings. The minimum absolute atomic E-state index is 0.131. The summed E-state index contributed by atoms with van der Waals surface area (Å²) in [6.07, 6.45) is 8.08. The van der Waals surface area contributed by atoms with Gasteiger partial charge in [-0.2, -0.15) is 0 Å². The Hall–Kier alpha value is -3.02. The molecule has 2 aromatic carbocycles. The van der Waals surface area contributed by atoms with Gasteiger partial charge in [0.2, 0.25) is 0 Å². The topological polar surface area (TPSA) is 65.5 Å². The van der Waals surface area contributed by atoms with Gasteiger partial charge in [0.25, 0.3) is 0 Å². The number of carboxylic acids is 1. The number of benzene rings is 2. The van der Waals surface area contributed by atoms with E-state index in [-0.39, 0.29) is 5.41 Å². The minimum Gasteiger partial charge on any atom is -0.478 e. The Morgan fingerprint density at radius 3 is 2.56 bits per heavy atom. The second-order valence-corrected chi connectivity index (χ2v) is 10.1. The van der Waals surface area contributed by atoms with E-state index < -0.39 is 5.97 Å². The molecule has 2 fully saturated rings. The van der Waals surface area contributed by atoms with E-state index in [2.05, 4.69) is 57.7 Å². The van der Waals surface area contributed by atoms with Crippen LogP contribution in [0.5, 0.6) is 0 Å². The van der Waals surface area contributed by atoms with Gasteiger partial charge in [-0.05, 0) is 79.1 Å². The number of nitrogens with one attached hydrogen (secondary N) is 1. The molecule has 1 aliphatic carbocycles. The van der Waals surface area contributed by atoms with Crippen molar-refractivity contribution < 1.29 is 9.90 Å². The van der Waals surface area contributed by atoms with Gasteiger partial charge in [0.1, 0.15) is 0 Å². The van der Waals surface area contributed by atoms with Crippen LogP contribution in [-0.2, 0) is 13.0 Å². The standard InChI is InChI=1S/C29H33N3O2/c33-28(34)25-10-4-6-22(16-25)18-29(21-31-27-17-26(27)24-8-2-1-3-9-24)11-14-32(15-12-29)20-23-7-5-13-30-19-23/h1-10,13,16,19,26-27,31H,11-12,14-15,17-18,20-21H2,(H,33,34)/t26-,27+/m0/s1. The number of hydrogen-bond donors (Lipinski definition) is 2. The van der Waals surface area contributed by atoms with E-state index in [1.165, 1.54) is 17.5 Å². The lowest BCUT2D eigenvalue weighted by Crippen LogP contribution is -2.46. The number of piperidine rings is 1. The summed E-state index contributed by atoms with van der Waals surface area (Å²) >= 11 is 0. The lowest BCUT2D eigenvalue weighted by Gasteiger charge is -2.42. The van der Waals surface area contributed by atoms with E-state index >= 15 is 0 Å². The summed E-state index contributed by atoms with van der Waals surface area (Å²) in [7, 11) is 0. The zero-order valence-corrected chi connectivity index (χ0v) is 19.6. The highest BCUT2D eigenvalue weighted by atomic mass is 16.4. The molecule has 5 rings (SSSR count). The van der Waals surface area contributed by atoms with Crippen molar-refractivity contribution in [3.8, 4) is 0 Å². The van der Waals surface area contributed by atoms with Gasteiger partial charge in [-0.25, -0.2) is 4.79 Å². The first-order valence-corrected chi connectivity index (χ1v) is 12.3. The SMILES string of the molecule is O=C(O)c1cccc(CC2(CN[C@@H]3C[C@H]3c3ccccc3)CCN(Cc3cccnc3)CC2)c1. The fraction of sp³-hybridized carbons (Fsp3) is 0.379. The third kappa shape index (κ3) is 5.54. The molecular weight excluding hydrogens is 422 g/mol. The van der Waals surface area contributed by atoms with Crippen molar-refractivity contribution in [3.63, 3.8) is 0 Å². The van der Waals surface area contributed by atoms with E-state index in [1.54, 1.807) is 6.07 Å². The summed E-state index contributed by atoms with van der Waals surface area (Å²) in [5, 5.41) is 13.3. The van der Waals surface area contributed by atoms with Gasteiger partial charge < -0.3 is 10.4 Å². The van der Waals surface area contributed by atoms with Gasteiger partial charge in [-0.3, -0.25) is 9.88 Å². The second kappa shape index (κ2) is 10.1. The van der Waals surface area contributed by atoms with Crippen molar-refractivity contribution in [2.45, 2.75) is 44.2 Å². The van der Waals surface area contributed by atoms with Crippen LogP contribution in [0, 0.1) is 5.41 Å². The van der Waals surface area contributed by atoms with E-state index in [4.69, 9.17) is 0 Å². The number of carbonyl (C=O) groups is 1. The molecule has 1 aliphatic heterocycles. The molecule has 5 heteroatoms. The Morgan fingerprint density at radius 1 is 1.03 bits per heavy atom. The molecule has 1 saturated carbocycles. The van der Waals surface area contributed by atoms with Crippen LogP contribution in [0.1, 0.15) is 52.2 Å². The zero-order valence-electron chi connectivity index (χ0n) is 19.6. The maximum absolute atomic E-state index is 11.5. The van der Waals surface area contributed by atoms with Crippen molar-refractivity contribution in [2.24, 2.45) is 5.41 Å². The number of hydrogen-bond acceptors (Lipinski definition) is 4. The maximum Gasteiger partial charge on any atom is 0.335 e. The summed E-state index contributed by atoms with van der Waals surface area (Å²) in [6.45, 7) is 3.99. The quantitative estimate of drug-likeness (QED) is 0.487. The maximum atomic E-state index is 11.5. The number of likely N-dealkylation sites (tertiary alicyclic amines) is 1. The summed E-state index contributed by atoms with van der Waals surface area (Å²) in [5.74, 6) is -0.247. The Balaban J connectivity index is 1.26. The monoisotopic (exact) mass is 455 g/mol. The van der Waals surface area contributed by atoms with Crippen molar-refractivity contribution in [3.05, 3.63) is 101 Å². The normalized spacial score (nSPS) is 21.8. The number of aromatic carboxylic acids is 1. The van der Waals surface area contributed by atoms with Crippen LogP contribution in [0.3, 0.4) is 0 Å². The van der Waals surface area contributed by atoms with Crippen LogP contribution in [-0.4, -0.2) is 46.6 Å². The fourth-order valence-corrected chi connectivity index (χ4v) is 5.44. The Kier molecular flexibility index (Phi) is 6.75. The Bertz CT molecular complexity index is 1090. The first-order chi connectivity index (χ1) is 16.6. The molecule has 0 amide bonds. The molecule has 2 heterocycles. The molecule has 2 atom stereocenters. The number of rotatable bonds is 9. The molecule has 0 unspecified atom stereocenters. The predicted molar refractivity (Wildman–Crippen MR) is 134 cm³/mol. The molecule has 3 aromatic rings. The zero-order chi connectivity index (χ0) is 23.4. The van der Waals surface area contributed by atoms with Gasteiger partial charge in [0, 0.05) is 37.4 Å². The summed E-state index contributed by atoms with van der Waals surface area (Å²) in [6, 6.07) is 23.0. The highest BCUT2D eigenvalue weighted by molar-refractivity contribution is 5.87. The number of nitrogens with zero attached hydrogens (tertiary/aromatic N) is 2. The summed E-state index contributed by atoms with van der Waals surface area (Å²) in [5.41, 5.74) is 4.31. The molecular formula is C29H33N3O2. The molecule has 176 valence electrons. The molecule has 5 nitrogen and oxygen atoms in total. The molecule has 1 aromatic heterocycles. The lowest BCUT2D eigenvalue weighted by molar-refractivity contribution is 0.0696. The van der Waals surface area contributed by atoms with Crippen molar-refractivity contribution in [1.29, 1.82) is 0 Å².